The van der Waals surface area contributed by atoms with E-state index in [1.165, 1.54) is 0 Å². The van der Waals surface area contributed by atoms with Gasteiger partial charge < -0.3 is 14.4 Å². The van der Waals surface area contributed by atoms with Crippen LogP contribution in [0, 0.1) is 5.92 Å². The number of carboxylic acid groups (broad SMARTS) is 1. The lowest BCUT2D eigenvalue weighted by atomic mass is 10.0. The van der Waals surface area contributed by atoms with Crippen molar-refractivity contribution < 1.29 is 19.2 Å². The van der Waals surface area contributed by atoms with E-state index in [0.29, 0.717) is 41.7 Å². The number of ether oxygens (including phenoxy) is 1. The molecule has 0 radical (unpaired) electrons. The number of nitrogens with zero attached hydrogens (tertiary/aromatic N) is 1. The molecule has 0 spiro atoms. The van der Waals surface area contributed by atoms with Gasteiger partial charge in [0.2, 0.25) is 0 Å². The van der Waals surface area contributed by atoms with E-state index < -0.39 is 5.97 Å². The second-order valence-electron chi connectivity index (χ2n) is 5.19. The largest absolute Gasteiger partial charge is 0.494 e. The molecule has 0 bridgehead atoms. The fourth-order valence-corrected chi connectivity index (χ4v) is 2.15. The highest BCUT2D eigenvalue weighted by molar-refractivity contribution is 5.95. The average Bonchev–Trinajstić information content (AvgIpc) is 2.82. The van der Waals surface area contributed by atoms with Gasteiger partial charge in [-0.25, -0.2) is 4.79 Å². The fourth-order valence-electron chi connectivity index (χ4n) is 2.15. The van der Waals surface area contributed by atoms with E-state index in [2.05, 4.69) is 5.16 Å². The van der Waals surface area contributed by atoms with Gasteiger partial charge in [-0.1, -0.05) is 31.1 Å². The van der Waals surface area contributed by atoms with Crippen LogP contribution in [0.15, 0.2) is 28.8 Å². The molecule has 2 rings (SSSR count). The van der Waals surface area contributed by atoms with Gasteiger partial charge in [-0.15, -0.1) is 0 Å². The Labute approximate surface area is 123 Å². The van der Waals surface area contributed by atoms with Crippen LogP contribution in [-0.2, 0) is 6.42 Å². The molecule has 1 heterocycles. The van der Waals surface area contributed by atoms with Crippen molar-refractivity contribution in [2.75, 3.05) is 6.61 Å². The number of hydrogen-bond donors (Lipinski definition) is 1. The zero-order valence-electron chi connectivity index (χ0n) is 12.4. The first-order valence-electron chi connectivity index (χ1n) is 6.98. The SMILES string of the molecule is CCOc1cccc(-c2noc(CC(C)C)c2C(=O)O)c1. The van der Waals surface area contributed by atoms with Gasteiger partial charge >= 0.3 is 5.97 Å². The summed E-state index contributed by atoms with van der Waals surface area (Å²) in [7, 11) is 0. The van der Waals surface area contributed by atoms with E-state index in [0.717, 1.165) is 0 Å². The van der Waals surface area contributed by atoms with Gasteiger partial charge in [0, 0.05) is 12.0 Å². The van der Waals surface area contributed by atoms with Crippen LogP contribution in [-0.4, -0.2) is 22.8 Å². The van der Waals surface area contributed by atoms with Crippen LogP contribution in [0.4, 0.5) is 0 Å². The number of carboxylic acids is 1. The minimum absolute atomic E-state index is 0.136. The summed E-state index contributed by atoms with van der Waals surface area (Å²) in [5.41, 5.74) is 1.16. The number of benzene rings is 1. The van der Waals surface area contributed by atoms with Gasteiger partial charge in [0.1, 0.15) is 17.0 Å². The summed E-state index contributed by atoms with van der Waals surface area (Å²) in [5.74, 6) is 0.358. The molecule has 0 atom stereocenters. The summed E-state index contributed by atoms with van der Waals surface area (Å²) in [5, 5.41) is 13.4. The van der Waals surface area contributed by atoms with Gasteiger partial charge in [0.05, 0.1) is 6.61 Å². The van der Waals surface area contributed by atoms with Crippen molar-refractivity contribution in [2.45, 2.75) is 27.2 Å². The van der Waals surface area contributed by atoms with Crippen molar-refractivity contribution in [3.05, 3.63) is 35.6 Å². The van der Waals surface area contributed by atoms with Crippen LogP contribution in [0.3, 0.4) is 0 Å². The van der Waals surface area contributed by atoms with Crippen LogP contribution in [0.5, 0.6) is 5.75 Å². The molecule has 5 heteroatoms. The first kappa shape index (κ1) is 15.1. The zero-order valence-corrected chi connectivity index (χ0v) is 12.4. The molecule has 0 aliphatic carbocycles. The van der Waals surface area contributed by atoms with Crippen molar-refractivity contribution >= 4 is 5.97 Å². The standard InChI is InChI=1S/C16H19NO4/c1-4-20-12-7-5-6-11(9-12)15-14(16(18)19)13(21-17-15)8-10(2)3/h5-7,9-10H,4,8H2,1-3H3,(H,18,19). The third kappa shape index (κ3) is 3.42. The molecular formula is C16H19NO4. The molecule has 5 nitrogen and oxygen atoms in total. The van der Waals surface area contributed by atoms with Crippen LogP contribution >= 0.6 is 0 Å². The maximum absolute atomic E-state index is 11.5. The first-order chi connectivity index (χ1) is 10.0. The lowest BCUT2D eigenvalue weighted by Gasteiger charge is -2.05. The Morgan fingerprint density at radius 1 is 1.43 bits per heavy atom. The van der Waals surface area contributed by atoms with E-state index >= 15 is 0 Å². The number of hydrogen-bond acceptors (Lipinski definition) is 4. The highest BCUT2D eigenvalue weighted by atomic mass is 16.5. The Morgan fingerprint density at radius 3 is 2.81 bits per heavy atom. The maximum atomic E-state index is 11.5. The van der Waals surface area contributed by atoms with Gasteiger partial charge in [0.25, 0.3) is 0 Å². The summed E-state index contributed by atoms with van der Waals surface area (Å²) < 4.78 is 10.7. The lowest BCUT2D eigenvalue weighted by Crippen LogP contribution is -2.04. The zero-order chi connectivity index (χ0) is 15.4. The quantitative estimate of drug-likeness (QED) is 0.879. The molecule has 1 aromatic heterocycles. The normalized spacial score (nSPS) is 10.9. The highest BCUT2D eigenvalue weighted by Crippen LogP contribution is 2.29. The van der Waals surface area contributed by atoms with Gasteiger partial charge in [-0.05, 0) is 25.0 Å². The second-order valence-corrected chi connectivity index (χ2v) is 5.19. The van der Waals surface area contributed by atoms with Crippen molar-refractivity contribution in [3.8, 4) is 17.0 Å². The van der Waals surface area contributed by atoms with Gasteiger partial charge in [-0.3, -0.25) is 0 Å². The summed E-state index contributed by atoms with van der Waals surface area (Å²) in [6.07, 6.45) is 0.541. The smallest absolute Gasteiger partial charge is 0.341 e. The third-order valence-electron chi connectivity index (χ3n) is 2.99. The topological polar surface area (TPSA) is 72.6 Å². The maximum Gasteiger partial charge on any atom is 0.341 e. The molecule has 0 saturated heterocycles. The first-order valence-corrected chi connectivity index (χ1v) is 6.98. The van der Waals surface area contributed by atoms with Crippen molar-refractivity contribution in [2.24, 2.45) is 5.92 Å². The van der Waals surface area contributed by atoms with Crippen LogP contribution in [0.25, 0.3) is 11.3 Å². The van der Waals surface area contributed by atoms with Gasteiger partial charge in [0.15, 0.2) is 5.76 Å². The Hall–Kier alpha value is -2.30. The fraction of sp³-hybridized carbons (Fsp3) is 0.375. The van der Waals surface area contributed by atoms with E-state index in [-0.39, 0.29) is 5.56 Å². The third-order valence-corrected chi connectivity index (χ3v) is 2.99. The molecule has 2 aromatic rings. The minimum atomic E-state index is -1.02. The Balaban J connectivity index is 2.46. The molecular weight excluding hydrogens is 270 g/mol. The predicted octanol–water partition coefficient (Wildman–Crippen LogP) is 3.64. The molecule has 0 unspecified atom stereocenters. The van der Waals surface area contributed by atoms with E-state index in [9.17, 15) is 9.90 Å². The van der Waals surface area contributed by atoms with Crippen molar-refractivity contribution in [1.29, 1.82) is 0 Å². The number of carbonyl (C=O) groups is 1. The molecule has 0 fully saturated rings. The second kappa shape index (κ2) is 6.43. The minimum Gasteiger partial charge on any atom is -0.494 e. The molecule has 1 N–H and O–H groups in total. The summed E-state index contributed by atoms with van der Waals surface area (Å²) in [6.45, 7) is 6.45. The molecule has 0 amide bonds. The van der Waals surface area contributed by atoms with Crippen LogP contribution in [0.2, 0.25) is 0 Å². The number of aromatic nitrogens is 1. The highest BCUT2D eigenvalue weighted by Gasteiger charge is 2.24. The van der Waals surface area contributed by atoms with E-state index in [1.807, 2.05) is 32.9 Å². The molecule has 0 aliphatic heterocycles. The number of rotatable bonds is 6. The summed E-state index contributed by atoms with van der Waals surface area (Å²) in [4.78, 5) is 11.5. The van der Waals surface area contributed by atoms with Crippen LogP contribution < -0.4 is 4.74 Å². The Kier molecular flexibility index (Phi) is 4.62. The van der Waals surface area contributed by atoms with Crippen molar-refractivity contribution in [1.82, 2.24) is 5.16 Å². The molecule has 112 valence electrons. The van der Waals surface area contributed by atoms with Gasteiger partial charge in [-0.2, -0.15) is 0 Å². The Bertz CT molecular complexity index is 631. The monoisotopic (exact) mass is 289 g/mol. The van der Waals surface area contributed by atoms with Crippen molar-refractivity contribution in [3.63, 3.8) is 0 Å². The van der Waals surface area contributed by atoms with Crippen LogP contribution in [0.1, 0.15) is 36.9 Å². The van der Waals surface area contributed by atoms with E-state index in [1.54, 1.807) is 12.1 Å². The summed E-state index contributed by atoms with van der Waals surface area (Å²) in [6, 6.07) is 7.20. The molecule has 0 saturated carbocycles. The molecule has 1 aromatic carbocycles. The Morgan fingerprint density at radius 2 is 2.19 bits per heavy atom. The van der Waals surface area contributed by atoms with E-state index in [4.69, 9.17) is 9.26 Å². The summed E-state index contributed by atoms with van der Waals surface area (Å²) >= 11 is 0. The molecule has 0 aliphatic rings. The average molecular weight is 289 g/mol. The molecule has 21 heavy (non-hydrogen) atoms. The number of aromatic carboxylic acids is 1. The predicted molar refractivity (Wildman–Crippen MR) is 78.6 cm³/mol. The lowest BCUT2D eigenvalue weighted by molar-refractivity contribution is 0.0695.